The van der Waals surface area contributed by atoms with Gasteiger partial charge < -0.3 is 15.2 Å². The lowest BCUT2D eigenvalue weighted by molar-refractivity contribution is -0.143. The van der Waals surface area contributed by atoms with Crippen LogP contribution < -0.4 is 10.1 Å². The monoisotopic (exact) mass is 479 g/mol. The van der Waals surface area contributed by atoms with Gasteiger partial charge in [0.25, 0.3) is 0 Å². The quantitative estimate of drug-likeness (QED) is 0.471. The molecule has 35 heavy (non-hydrogen) atoms. The first kappa shape index (κ1) is 24.6. The van der Waals surface area contributed by atoms with Crippen LogP contribution >= 0.6 is 0 Å². The normalized spacial score (nSPS) is 18.0. The van der Waals surface area contributed by atoms with Crippen LogP contribution in [0.3, 0.4) is 0 Å². The van der Waals surface area contributed by atoms with Gasteiger partial charge in [-0.2, -0.15) is 0 Å². The maximum atomic E-state index is 11.4. The molecule has 0 unspecified atom stereocenters. The van der Waals surface area contributed by atoms with Gasteiger partial charge in [0.2, 0.25) is 5.95 Å². The van der Waals surface area contributed by atoms with Gasteiger partial charge in [0.05, 0.1) is 35.6 Å². The van der Waals surface area contributed by atoms with Crippen LogP contribution in [0.2, 0.25) is 0 Å². The highest BCUT2D eigenvalue weighted by molar-refractivity contribution is 5.70. The fourth-order valence-corrected chi connectivity index (χ4v) is 4.41. The van der Waals surface area contributed by atoms with Crippen LogP contribution in [0.1, 0.15) is 56.6 Å². The number of carbonyl (C=O) groups is 1. The molecule has 3 aromatic rings. The predicted octanol–water partition coefficient (Wildman–Crippen LogP) is 3.81. The molecule has 186 valence electrons. The van der Waals surface area contributed by atoms with Crippen molar-refractivity contribution in [1.29, 1.82) is 0 Å². The second kappa shape index (κ2) is 10.8. The molecule has 1 aliphatic rings. The average Bonchev–Trinajstić information content (AvgIpc) is 3.19. The van der Waals surface area contributed by atoms with Crippen LogP contribution in [-0.4, -0.2) is 47.1 Å². The molecular formula is C25H33N7O3. The van der Waals surface area contributed by atoms with E-state index in [1.165, 1.54) is 0 Å². The molecule has 4 rings (SSSR count). The van der Waals surface area contributed by atoms with Crippen LogP contribution in [-0.2, 0) is 24.8 Å². The number of nitrogens with one attached hydrogen (secondary N) is 1. The van der Waals surface area contributed by atoms with Crippen molar-refractivity contribution in [2.24, 2.45) is 18.9 Å². The van der Waals surface area contributed by atoms with Crippen molar-refractivity contribution in [3.05, 3.63) is 41.5 Å². The number of aryl methyl sites for hydroxylation is 2. The molecule has 2 atom stereocenters. The van der Waals surface area contributed by atoms with Crippen LogP contribution in [0.25, 0.3) is 11.4 Å². The fourth-order valence-electron chi connectivity index (χ4n) is 4.41. The van der Waals surface area contributed by atoms with Gasteiger partial charge in [0.15, 0.2) is 0 Å². The van der Waals surface area contributed by atoms with Gasteiger partial charge in [0.1, 0.15) is 11.4 Å². The zero-order valence-electron chi connectivity index (χ0n) is 20.7. The minimum Gasteiger partial charge on any atom is -0.489 e. The first-order valence-corrected chi connectivity index (χ1v) is 12.1. The predicted molar refractivity (Wildman–Crippen MR) is 131 cm³/mol. The summed E-state index contributed by atoms with van der Waals surface area (Å²) < 4.78 is 7.86. The molecule has 10 heteroatoms. The van der Waals surface area contributed by atoms with Gasteiger partial charge in [-0.1, -0.05) is 19.1 Å². The van der Waals surface area contributed by atoms with Gasteiger partial charge in [-0.15, -0.1) is 5.10 Å². The summed E-state index contributed by atoms with van der Waals surface area (Å²) in [7, 11) is 1.84. The standard InChI is InChI=1S/C25H33N7O3/c1-15(2)12-18-10-11-26-25(29-18)27-14-21-23(30-31-32(21)4)20-8-9-22(16(3)28-20)35-19-7-5-6-17(13-19)24(33)34/h8-11,15,17,19H,5-7,12-14H2,1-4H3,(H,33,34)(H,26,27,29)/t17-,19-/m0/s1. The minimum atomic E-state index is -0.746. The zero-order chi connectivity index (χ0) is 24.9. The Morgan fingerprint density at radius 1 is 1.26 bits per heavy atom. The lowest BCUT2D eigenvalue weighted by atomic mass is 9.87. The number of rotatable bonds is 9. The largest absolute Gasteiger partial charge is 0.489 e. The third kappa shape index (κ3) is 6.12. The van der Waals surface area contributed by atoms with Crippen molar-refractivity contribution in [3.63, 3.8) is 0 Å². The van der Waals surface area contributed by atoms with Crippen LogP contribution in [0.4, 0.5) is 5.95 Å². The van der Waals surface area contributed by atoms with E-state index in [1.54, 1.807) is 10.9 Å². The van der Waals surface area contributed by atoms with Crippen molar-refractivity contribution >= 4 is 11.9 Å². The molecular weight excluding hydrogens is 446 g/mol. The lowest BCUT2D eigenvalue weighted by Gasteiger charge is -2.27. The number of aliphatic carboxylic acids is 1. The van der Waals surface area contributed by atoms with Crippen molar-refractivity contribution in [2.45, 2.75) is 65.5 Å². The Kier molecular flexibility index (Phi) is 7.57. The van der Waals surface area contributed by atoms with Gasteiger partial charge >= 0.3 is 5.97 Å². The van der Waals surface area contributed by atoms with Gasteiger partial charge in [-0.05, 0) is 63.1 Å². The molecule has 1 fully saturated rings. The summed E-state index contributed by atoms with van der Waals surface area (Å²) in [5, 5.41) is 21.1. The Morgan fingerprint density at radius 2 is 2.09 bits per heavy atom. The molecule has 0 aromatic carbocycles. The average molecular weight is 480 g/mol. The van der Waals surface area contributed by atoms with E-state index in [-0.39, 0.29) is 12.0 Å². The second-order valence-electron chi connectivity index (χ2n) is 9.55. The van der Waals surface area contributed by atoms with Crippen molar-refractivity contribution in [1.82, 2.24) is 29.9 Å². The van der Waals surface area contributed by atoms with Crippen molar-refractivity contribution in [2.75, 3.05) is 5.32 Å². The summed E-state index contributed by atoms with van der Waals surface area (Å²) >= 11 is 0. The topological polar surface area (TPSA) is 128 Å². The van der Waals surface area contributed by atoms with E-state index in [2.05, 4.69) is 39.4 Å². The fraction of sp³-hybridized carbons (Fsp3) is 0.520. The Hall–Kier alpha value is -3.56. The molecule has 1 aliphatic carbocycles. The Labute approximate surface area is 205 Å². The molecule has 10 nitrogen and oxygen atoms in total. The molecule has 0 radical (unpaired) electrons. The smallest absolute Gasteiger partial charge is 0.306 e. The maximum Gasteiger partial charge on any atom is 0.306 e. The molecule has 0 amide bonds. The van der Waals surface area contributed by atoms with Crippen LogP contribution in [0.5, 0.6) is 5.75 Å². The van der Waals surface area contributed by atoms with E-state index < -0.39 is 5.97 Å². The molecule has 0 bridgehead atoms. The summed E-state index contributed by atoms with van der Waals surface area (Å²) in [5.74, 6) is 0.665. The summed E-state index contributed by atoms with van der Waals surface area (Å²) in [4.78, 5) is 25.0. The summed E-state index contributed by atoms with van der Waals surface area (Å²) in [5.41, 5.74) is 3.97. The highest BCUT2D eigenvalue weighted by Crippen LogP contribution is 2.30. The minimum absolute atomic E-state index is 0.112. The summed E-state index contributed by atoms with van der Waals surface area (Å²) in [6, 6.07) is 5.69. The van der Waals surface area contributed by atoms with Gasteiger partial charge in [-0.3, -0.25) is 4.79 Å². The Morgan fingerprint density at radius 3 is 2.83 bits per heavy atom. The Balaban J connectivity index is 1.46. The Bertz CT molecular complexity index is 1180. The maximum absolute atomic E-state index is 11.4. The number of hydrogen-bond acceptors (Lipinski definition) is 8. The molecule has 2 N–H and O–H groups in total. The van der Waals surface area contributed by atoms with Crippen LogP contribution in [0, 0.1) is 18.8 Å². The van der Waals surface area contributed by atoms with Crippen LogP contribution in [0.15, 0.2) is 24.4 Å². The van der Waals surface area contributed by atoms with Crippen molar-refractivity contribution < 1.29 is 14.6 Å². The number of pyridine rings is 1. The van der Waals surface area contributed by atoms with E-state index >= 15 is 0 Å². The molecule has 0 spiro atoms. The third-order valence-electron chi connectivity index (χ3n) is 6.24. The number of ether oxygens (including phenoxy) is 1. The summed E-state index contributed by atoms with van der Waals surface area (Å²) in [6.45, 7) is 6.66. The van der Waals surface area contributed by atoms with E-state index in [4.69, 9.17) is 9.72 Å². The zero-order valence-corrected chi connectivity index (χ0v) is 20.7. The molecule has 3 heterocycles. The van der Waals surface area contributed by atoms with Crippen molar-refractivity contribution in [3.8, 4) is 17.1 Å². The highest BCUT2D eigenvalue weighted by Gasteiger charge is 2.28. The number of carboxylic acid groups (broad SMARTS) is 1. The molecule has 3 aromatic heterocycles. The lowest BCUT2D eigenvalue weighted by Crippen LogP contribution is -2.29. The SMILES string of the molecule is Cc1nc(-c2nnn(C)c2CNc2nccc(CC(C)C)n2)ccc1O[C@H]1CCC[C@H](C(=O)O)C1. The van der Waals surface area contributed by atoms with Gasteiger partial charge in [-0.25, -0.2) is 19.6 Å². The number of nitrogens with zero attached hydrogens (tertiary/aromatic N) is 6. The number of carboxylic acids is 1. The first-order valence-electron chi connectivity index (χ1n) is 12.1. The first-order chi connectivity index (χ1) is 16.8. The van der Waals surface area contributed by atoms with E-state index in [0.29, 0.717) is 48.4 Å². The molecule has 0 saturated heterocycles. The number of anilines is 1. The molecule has 1 saturated carbocycles. The van der Waals surface area contributed by atoms with E-state index in [0.717, 1.165) is 36.3 Å². The van der Waals surface area contributed by atoms with E-state index in [1.807, 2.05) is 32.2 Å². The number of aromatic nitrogens is 6. The third-order valence-corrected chi connectivity index (χ3v) is 6.24. The van der Waals surface area contributed by atoms with E-state index in [9.17, 15) is 9.90 Å². The summed E-state index contributed by atoms with van der Waals surface area (Å²) in [6.07, 6.45) is 5.49. The molecule has 0 aliphatic heterocycles. The van der Waals surface area contributed by atoms with Gasteiger partial charge in [0, 0.05) is 18.9 Å². The highest BCUT2D eigenvalue weighted by atomic mass is 16.5. The number of hydrogen-bond donors (Lipinski definition) is 2. The second-order valence-corrected chi connectivity index (χ2v) is 9.55.